The number of amides is 2. The van der Waals surface area contributed by atoms with Crippen molar-refractivity contribution in [1.29, 1.82) is 0 Å². The van der Waals surface area contributed by atoms with Crippen molar-refractivity contribution in [3.8, 4) is 28.7 Å². The van der Waals surface area contributed by atoms with E-state index in [0.717, 1.165) is 24.1 Å². The summed E-state index contributed by atoms with van der Waals surface area (Å²) in [6.45, 7) is 1.94. The molecule has 208 valence electrons. The van der Waals surface area contributed by atoms with E-state index in [-0.39, 0.29) is 12.1 Å². The van der Waals surface area contributed by atoms with E-state index in [4.69, 9.17) is 23.7 Å². The molecular formula is C29H36N4O6. The summed E-state index contributed by atoms with van der Waals surface area (Å²) in [6.07, 6.45) is 3.17. The predicted octanol–water partition coefficient (Wildman–Crippen LogP) is 4.09. The monoisotopic (exact) mass is 536 g/mol. The quantitative estimate of drug-likeness (QED) is 0.378. The molecule has 2 N–H and O–H groups in total. The molecule has 10 nitrogen and oxygen atoms in total. The lowest BCUT2D eigenvalue weighted by Gasteiger charge is -2.38. The molecule has 39 heavy (non-hydrogen) atoms. The Morgan fingerprint density at radius 1 is 0.923 bits per heavy atom. The Balaban J connectivity index is 1.59. The Bertz CT molecular complexity index is 1250. The van der Waals surface area contributed by atoms with Crippen LogP contribution < -0.4 is 34.3 Å². The van der Waals surface area contributed by atoms with Gasteiger partial charge in [0, 0.05) is 31.9 Å². The number of methoxy groups -OCH3 is 5. The second kappa shape index (κ2) is 13.1. The molecule has 0 saturated carbocycles. The zero-order chi connectivity index (χ0) is 27.8. The number of aromatic nitrogens is 1. The van der Waals surface area contributed by atoms with Crippen LogP contribution in [0.4, 0.5) is 10.6 Å². The number of rotatable bonds is 11. The Morgan fingerprint density at radius 2 is 1.62 bits per heavy atom. The summed E-state index contributed by atoms with van der Waals surface area (Å²) in [5, 5.41) is 5.71. The molecule has 1 aromatic heterocycles. The number of carbonyl (C=O) groups is 1. The lowest BCUT2D eigenvalue weighted by atomic mass is 9.88. The highest BCUT2D eigenvalue weighted by atomic mass is 16.5. The van der Waals surface area contributed by atoms with E-state index < -0.39 is 0 Å². The van der Waals surface area contributed by atoms with Gasteiger partial charge in [0.2, 0.25) is 5.75 Å². The normalized spacial score (nSPS) is 14.6. The molecule has 0 radical (unpaired) electrons. The van der Waals surface area contributed by atoms with Crippen LogP contribution in [0.25, 0.3) is 0 Å². The third-order valence-corrected chi connectivity index (χ3v) is 6.86. The van der Waals surface area contributed by atoms with Crippen molar-refractivity contribution >= 4 is 11.8 Å². The molecule has 2 amide bonds. The number of pyridine rings is 1. The second-order valence-electron chi connectivity index (χ2n) is 9.04. The number of carbonyl (C=O) groups excluding carboxylic acids is 1. The largest absolute Gasteiger partial charge is 0.493 e. The molecule has 0 spiro atoms. The Labute approximate surface area is 229 Å². The van der Waals surface area contributed by atoms with E-state index in [1.165, 1.54) is 5.56 Å². The van der Waals surface area contributed by atoms with E-state index in [0.29, 0.717) is 54.1 Å². The van der Waals surface area contributed by atoms with Gasteiger partial charge >= 0.3 is 6.03 Å². The molecule has 0 bridgehead atoms. The van der Waals surface area contributed by atoms with Gasteiger partial charge in [-0.3, -0.25) is 10.2 Å². The molecular weight excluding hydrogens is 500 g/mol. The van der Waals surface area contributed by atoms with Gasteiger partial charge in [-0.2, -0.15) is 0 Å². The first-order valence-electron chi connectivity index (χ1n) is 12.7. The van der Waals surface area contributed by atoms with Crippen molar-refractivity contribution < 1.29 is 28.5 Å². The smallest absolute Gasteiger partial charge is 0.320 e. The lowest BCUT2D eigenvalue weighted by molar-refractivity contribution is 0.183. The predicted molar refractivity (Wildman–Crippen MR) is 149 cm³/mol. The molecule has 10 heteroatoms. The highest BCUT2D eigenvalue weighted by Gasteiger charge is 2.30. The SMILES string of the molecule is COc1cc2c(cc1OC)C(Cc1cc(OC)c(OC)c(OC)c1)N(CCNC(=O)Nc1ccccn1)CC2. The number of urea groups is 1. The number of nitrogens with zero attached hydrogens (tertiary/aromatic N) is 2. The van der Waals surface area contributed by atoms with Gasteiger partial charge in [0.1, 0.15) is 5.82 Å². The Morgan fingerprint density at radius 3 is 2.23 bits per heavy atom. The van der Waals surface area contributed by atoms with E-state index in [9.17, 15) is 4.79 Å². The van der Waals surface area contributed by atoms with Crippen LogP contribution in [0.5, 0.6) is 28.7 Å². The summed E-state index contributed by atoms with van der Waals surface area (Å²) >= 11 is 0. The first-order valence-corrected chi connectivity index (χ1v) is 12.7. The minimum Gasteiger partial charge on any atom is -0.493 e. The highest BCUT2D eigenvalue weighted by Crippen LogP contribution is 2.42. The van der Waals surface area contributed by atoms with Crippen molar-refractivity contribution in [2.75, 3.05) is 60.5 Å². The van der Waals surface area contributed by atoms with Gasteiger partial charge in [0.25, 0.3) is 0 Å². The molecule has 3 aromatic rings. The number of nitrogens with one attached hydrogen (secondary N) is 2. The number of benzene rings is 2. The molecule has 4 rings (SSSR count). The van der Waals surface area contributed by atoms with Gasteiger partial charge in [0.15, 0.2) is 23.0 Å². The number of hydrogen-bond acceptors (Lipinski definition) is 8. The van der Waals surface area contributed by atoms with Gasteiger partial charge in [-0.05, 0) is 65.9 Å². The first-order chi connectivity index (χ1) is 19.0. The molecule has 1 aliphatic rings. The number of anilines is 1. The average molecular weight is 537 g/mol. The molecule has 0 fully saturated rings. The first kappa shape index (κ1) is 27.8. The summed E-state index contributed by atoms with van der Waals surface area (Å²) in [5.74, 6) is 3.66. The average Bonchev–Trinajstić information content (AvgIpc) is 2.97. The van der Waals surface area contributed by atoms with E-state index >= 15 is 0 Å². The Kier molecular flexibility index (Phi) is 9.32. The minimum absolute atomic E-state index is 0.0111. The van der Waals surface area contributed by atoms with Crippen molar-refractivity contribution in [2.45, 2.75) is 18.9 Å². The fraction of sp³-hybridized carbons (Fsp3) is 0.379. The van der Waals surface area contributed by atoms with Crippen LogP contribution in [0.1, 0.15) is 22.7 Å². The van der Waals surface area contributed by atoms with Crippen LogP contribution in [0.2, 0.25) is 0 Å². The maximum Gasteiger partial charge on any atom is 0.320 e. The van der Waals surface area contributed by atoms with Crippen LogP contribution >= 0.6 is 0 Å². The van der Waals surface area contributed by atoms with Crippen molar-refractivity contribution in [3.63, 3.8) is 0 Å². The molecule has 2 heterocycles. The summed E-state index contributed by atoms with van der Waals surface area (Å²) < 4.78 is 27.9. The van der Waals surface area contributed by atoms with E-state index in [1.54, 1.807) is 53.9 Å². The maximum absolute atomic E-state index is 12.4. The minimum atomic E-state index is -0.293. The van der Waals surface area contributed by atoms with Gasteiger partial charge < -0.3 is 29.0 Å². The fourth-order valence-corrected chi connectivity index (χ4v) is 4.97. The second-order valence-corrected chi connectivity index (χ2v) is 9.04. The zero-order valence-electron chi connectivity index (χ0n) is 23.1. The van der Waals surface area contributed by atoms with Gasteiger partial charge in [-0.1, -0.05) is 6.07 Å². The third kappa shape index (κ3) is 6.46. The molecule has 1 atom stereocenters. The Hall–Kier alpha value is -4.18. The van der Waals surface area contributed by atoms with Gasteiger partial charge in [0.05, 0.1) is 35.5 Å². The van der Waals surface area contributed by atoms with Crippen molar-refractivity contribution in [3.05, 3.63) is 65.4 Å². The van der Waals surface area contributed by atoms with Crippen molar-refractivity contribution in [2.24, 2.45) is 0 Å². The number of hydrogen-bond donors (Lipinski definition) is 2. The van der Waals surface area contributed by atoms with E-state index in [2.05, 4.69) is 32.7 Å². The fourth-order valence-electron chi connectivity index (χ4n) is 4.97. The summed E-state index contributed by atoms with van der Waals surface area (Å²) in [7, 11) is 8.11. The standard InChI is InChI=1S/C29H36N4O6/c1-35-23-17-20-9-12-33(13-11-31-29(34)32-27-8-6-7-10-30-27)22(21(20)18-24(23)36-2)14-19-15-25(37-3)28(39-5)26(16-19)38-4/h6-8,10,15-18,22H,9,11-14H2,1-5H3,(H2,30,31,32,34). The molecule has 0 aliphatic carbocycles. The summed E-state index contributed by atoms with van der Waals surface area (Å²) in [6, 6.07) is 13.2. The summed E-state index contributed by atoms with van der Waals surface area (Å²) in [4.78, 5) is 18.9. The zero-order valence-corrected chi connectivity index (χ0v) is 23.1. The topological polar surface area (TPSA) is 103 Å². The van der Waals surface area contributed by atoms with Crippen LogP contribution in [-0.4, -0.2) is 71.1 Å². The molecule has 2 aromatic carbocycles. The van der Waals surface area contributed by atoms with Crippen LogP contribution in [-0.2, 0) is 12.8 Å². The molecule has 0 saturated heterocycles. The maximum atomic E-state index is 12.4. The number of fused-ring (bicyclic) bond motifs is 1. The lowest BCUT2D eigenvalue weighted by Crippen LogP contribution is -2.42. The molecule has 1 unspecified atom stereocenters. The van der Waals surface area contributed by atoms with Crippen LogP contribution in [0.3, 0.4) is 0 Å². The third-order valence-electron chi connectivity index (χ3n) is 6.86. The van der Waals surface area contributed by atoms with E-state index in [1.807, 2.05) is 18.2 Å². The van der Waals surface area contributed by atoms with Crippen LogP contribution in [0.15, 0.2) is 48.7 Å². The number of ether oxygens (including phenoxy) is 5. The van der Waals surface area contributed by atoms with Gasteiger partial charge in [-0.25, -0.2) is 9.78 Å². The summed E-state index contributed by atoms with van der Waals surface area (Å²) in [5.41, 5.74) is 3.40. The molecule has 1 aliphatic heterocycles. The van der Waals surface area contributed by atoms with Crippen LogP contribution in [0, 0.1) is 0 Å². The van der Waals surface area contributed by atoms with Gasteiger partial charge in [-0.15, -0.1) is 0 Å². The highest BCUT2D eigenvalue weighted by molar-refractivity contribution is 5.88. The van der Waals surface area contributed by atoms with Crippen molar-refractivity contribution in [1.82, 2.24) is 15.2 Å².